The van der Waals surface area contributed by atoms with Crippen molar-refractivity contribution in [2.24, 2.45) is 5.92 Å². The van der Waals surface area contributed by atoms with Crippen LogP contribution in [0.1, 0.15) is 49.4 Å². The van der Waals surface area contributed by atoms with Crippen molar-refractivity contribution < 1.29 is 14.3 Å². The maximum absolute atomic E-state index is 12.0. The lowest BCUT2D eigenvalue weighted by atomic mass is 9.89. The summed E-state index contributed by atoms with van der Waals surface area (Å²) < 4.78 is 5.33. The minimum Gasteiger partial charge on any atom is -0.494 e. The molecule has 0 aliphatic heterocycles. The quantitative estimate of drug-likeness (QED) is 0.812. The van der Waals surface area contributed by atoms with Crippen LogP contribution < -0.4 is 15.4 Å². The Bertz CT molecular complexity index is 508. The van der Waals surface area contributed by atoms with Crippen molar-refractivity contribution in [3.63, 3.8) is 0 Å². The summed E-state index contributed by atoms with van der Waals surface area (Å²) in [6, 6.07) is 6.89. The highest BCUT2D eigenvalue weighted by Gasteiger charge is 2.14. The lowest BCUT2D eigenvalue weighted by Gasteiger charge is -2.21. The molecule has 0 bridgehead atoms. The molecule has 2 amide bonds. The maximum Gasteiger partial charge on any atom is 0.251 e. The molecule has 0 aromatic heterocycles. The van der Waals surface area contributed by atoms with Crippen molar-refractivity contribution in [2.45, 2.75) is 39.0 Å². The van der Waals surface area contributed by atoms with Crippen LogP contribution in [-0.2, 0) is 4.79 Å². The smallest absolute Gasteiger partial charge is 0.251 e. The van der Waals surface area contributed by atoms with Crippen molar-refractivity contribution in [1.29, 1.82) is 0 Å². The first kappa shape index (κ1) is 17.3. The number of carbonyl (C=O) groups excluding carboxylic acids is 2. The summed E-state index contributed by atoms with van der Waals surface area (Å²) >= 11 is 0. The van der Waals surface area contributed by atoms with E-state index < -0.39 is 0 Å². The molecule has 23 heavy (non-hydrogen) atoms. The Kier molecular flexibility index (Phi) is 6.91. The Balaban J connectivity index is 1.69. The Labute approximate surface area is 137 Å². The van der Waals surface area contributed by atoms with Crippen molar-refractivity contribution in [2.75, 3.05) is 19.7 Å². The molecule has 0 atom stereocenters. The van der Waals surface area contributed by atoms with Gasteiger partial charge < -0.3 is 15.4 Å². The number of ether oxygens (including phenoxy) is 1. The number of carbonyl (C=O) groups is 2. The molecular weight excluding hydrogens is 292 g/mol. The van der Waals surface area contributed by atoms with E-state index in [-0.39, 0.29) is 18.4 Å². The molecule has 126 valence electrons. The lowest BCUT2D eigenvalue weighted by Crippen LogP contribution is -2.39. The van der Waals surface area contributed by atoms with Gasteiger partial charge in [-0.2, -0.15) is 0 Å². The van der Waals surface area contributed by atoms with Crippen LogP contribution in [0.2, 0.25) is 0 Å². The van der Waals surface area contributed by atoms with Crippen LogP contribution in [0.15, 0.2) is 24.3 Å². The first-order chi connectivity index (χ1) is 11.2. The SMILES string of the molecule is CCOc1ccc(C(=O)NCC(=O)NCC2CCCCC2)cc1. The van der Waals surface area contributed by atoms with E-state index in [9.17, 15) is 9.59 Å². The van der Waals surface area contributed by atoms with Crippen molar-refractivity contribution >= 4 is 11.8 Å². The molecule has 0 radical (unpaired) electrons. The molecule has 0 heterocycles. The molecule has 0 unspecified atom stereocenters. The second-order valence-electron chi connectivity index (χ2n) is 5.95. The second-order valence-corrected chi connectivity index (χ2v) is 5.95. The minimum absolute atomic E-state index is 0.0127. The summed E-state index contributed by atoms with van der Waals surface area (Å²) in [6.45, 7) is 3.23. The van der Waals surface area contributed by atoms with E-state index in [1.807, 2.05) is 6.92 Å². The molecule has 5 nitrogen and oxygen atoms in total. The molecule has 5 heteroatoms. The van der Waals surface area contributed by atoms with Crippen LogP contribution in [0, 0.1) is 5.92 Å². The second kappa shape index (κ2) is 9.18. The van der Waals surface area contributed by atoms with Gasteiger partial charge in [-0.1, -0.05) is 19.3 Å². The minimum atomic E-state index is -0.249. The van der Waals surface area contributed by atoms with Crippen LogP contribution in [0.5, 0.6) is 5.75 Å². The van der Waals surface area contributed by atoms with Gasteiger partial charge in [0.25, 0.3) is 5.91 Å². The van der Waals surface area contributed by atoms with Crippen LogP contribution >= 0.6 is 0 Å². The zero-order valence-corrected chi connectivity index (χ0v) is 13.8. The number of hydrogen-bond donors (Lipinski definition) is 2. The normalized spacial score (nSPS) is 15.0. The van der Waals surface area contributed by atoms with E-state index in [0.717, 1.165) is 12.3 Å². The molecule has 1 aliphatic carbocycles. The highest BCUT2D eigenvalue weighted by molar-refractivity contribution is 5.96. The average Bonchev–Trinajstić information content (AvgIpc) is 2.59. The molecule has 0 spiro atoms. The number of rotatable bonds is 7. The van der Waals surface area contributed by atoms with E-state index in [4.69, 9.17) is 4.74 Å². The zero-order chi connectivity index (χ0) is 16.5. The number of benzene rings is 1. The Hall–Kier alpha value is -2.04. The van der Waals surface area contributed by atoms with Gasteiger partial charge in [-0.05, 0) is 49.9 Å². The number of amides is 2. The number of hydrogen-bond acceptors (Lipinski definition) is 3. The Morgan fingerprint density at radius 2 is 1.78 bits per heavy atom. The van der Waals surface area contributed by atoms with Gasteiger partial charge in [-0.15, -0.1) is 0 Å². The van der Waals surface area contributed by atoms with Crippen molar-refractivity contribution in [3.8, 4) is 5.75 Å². The largest absolute Gasteiger partial charge is 0.494 e. The fourth-order valence-electron chi connectivity index (χ4n) is 2.84. The maximum atomic E-state index is 12.0. The first-order valence-electron chi connectivity index (χ1n) is 8.46. The van der Waals surface area contributed by atoms with Crippen LogP contribution in [0.3, 0.4) is 0 Å². The summed E-state index contributed by atoms with van der Waals surface area (Å²) in [6.07, 6.45) is 6.21. The van der Waals surface area contributed by atoms with Gasteiger partial charge >= 0.3 is 0 Å². The molecule has 1 aromatic rings. The molecule has 2 rings (SSSR count). The summed E-state index contributed by atoms with van der Waals surface area (Å²) in [7, 11) is 0. The molecule has 1 aromatic carbocycles. The Morgan fingerprint density at radius 3 is 2.43 bits per heavy atom. The van der Waals surface area contributed by atoms with Gasteiger partial charge in [0, 0.05) is 12.1 Å². The topological polar surface area (TPSA) is 67.4 Å². The van der Waals surface area contributed by atoms with Crippen molar-refractivity contribution in [3.05, 3.63) is 29.8 Å². The first-order valence-corrected chi connectivity index (χ1v) is 8.46. The van der Waals surface area contributed by atoms with E-state index in [0.29, 0.717) is 18.1 Å². The zero-order valence-electron chi connectivity index (χ0n) is 13.8. The molecular formula is C18H26N2O3. The van der Waals surface area contributed by atoms with Gasteiger partial charge in [0.15, 0.2) is 0 Å². The van der Waals surface area contributed by atoms with Gasteiger partial charge in [0.1, 0.15) is 5.75 Å². The summed E-state index contributed by atoms with van der Waals surface area (Å²) in [5.74, 6) is 0.944. The molecule has 1 fully saturated rings. The van der Waals surface area contributed by atoms with Crippen molar-refractivity contribution in [1.82, 2.24) is 10.6 Å². The third kappa shape index (κ3) is 5.93. The Morgan fingerprint density at radius 1 is 1.09 bits per heavy atom. The molecule has 1 saturated carbocycles. The van der Waals surface area contributed by atoms with E-state index in [1.54, 1.807) is 24.3 Å². The highest BCUT2D eigenvalue weighted by Crippen LogP contribution is 2.22. The highest BCUT2D eigenvalue weighted by atomic mass is 16.5. The standard InChI is InChI=1S/C18H26N2O3/c1-2-23-16-10-8-15(9-11-16)18(22)20-13-17(21)19-12-14-6-4-3-5-7-14/h8-11,14H,2-7,12-13H2,1H3,(H,19,21)(H,20,22). The fraction of sp³-hybridized carbons (Fsp3) is 0.556. The third-order valence-electron chi connectivity index (χ3n) is 4.15. The average molecular weight is 318 g/mol. The van der Waals surface area contributed by atoms with Gasteiger partial charge in [-0.25, -0.2) is 0 Å². The summed E-state index contributed by atoms with van der Waals surface area (Å²) in [4.78, 5) is 23.8. The van der Waals surface area contributed by atoms with Gasteiger partial charge in [-0.3, -0.25) is 9.59 Å². The monoisotopic (exact) mass is 318 g/mol. The van der Waals surface area contributed by atoms with Gasteiger partial charge in [0.05, 0.1) is 13.2 Å². The van der Waals surface area contributed by atoms with E-state index in [2.05, 4.69) is 10.6 Å². The predicted octanol–water partition coefficient (Wildman–Crippen LogP) is 2.51. The molecule has 1 aliphatic rings. The third-order valence-corrected chi connectivity index (χ3v) is 4.15. The molecule has 2 N–H and O–H groups in total. The van der Waals surface area contributed by atoms with E-state index in [1.165, 1.54) is 32.1 Å². The summed E-state index contributed by atoms with van der Waals surface area (Å²) in [5.41, 5.74) is 0.522. The van der Waals surface area contributed by atoms with Crippen LogP contribution in [-0.4, -0.2) is 31.5 Å². The lowest BCUT2D eigenvalue weighted by molar-refractivity contribution is -0.120. The van der Waals surface area contributed by atoms with E-state index >= 15 is 0 Å². The predicted molar refractivity (Wildman–Crippen MR) is 89.5 cm³/mol. The van der Waals surface area contributed by atoms with Crippen LogP contribution in [0.25, 0.3) is 0 Å². The van der Waals surface area contributed by atoms with Gasteiger partial charge in [0.2, 0.25) is 5.91 Å². The molecule has 0 saturated heterocycles. The summed E-state index contributed by atoms with van der Waals surface area (Å²) in [5, 5.41) is 5.56. The fourth-order valence-corrected chi connectivity index (χ4v) is 2.84. The van der Waals surface area contributed by atoms with Crippen LogP contribution in [0.4, 0.5) is 0 Å². The number of nitrogens with one attached hydrogen (secondary N) is 2.